The zero-order valence-electron chi connectivity index (χ0n) is 14.6. The highest BCUT2D eigenvalue weighted by Gasteiger charge is 2.15. The molecular weight excluding hydrogens is 374 g/mol. The molecule has 0 fully saturated rings. The minimum Gasteiger partial charge on any atom is -0.345 e. The Balaban J connectivity index is 1.89. The number of hydrogen-bond acceptors (Lipinski definition) is 3. The number of sulfonamides is 1. The number of amides is 1. The lowest BCUT2D eigenvalue weighted by Crippen LogP contribution is -2.87. The van der Waals surface area contributed by atoms with Crippen LogP contribution in [0.25, 0.3) is 0 Å². The fourth-order valence-electron chi connectivity index (χ4n) is 2.54. The van der Waals surface area contributed by atoms with Crippen molar-refractivity contribution in [2.75, 3.05) is 6.54 Å². The third-order valence-corrected chi connectivity index (χ3v) is 5.28. The number of carbonyl (C=O) groups is 1. The van der Waals surface area contributed by atoms with E-state index in [2.05, 4.69) is 5.32 Å². The number of primary sulfonamides is 1. The van der Waals surface area contributed by atoms with Gasteiger partial charge in [0.2, 0.25) is 10.0 Å². The predicted octanol–water partition coefficient (Wildman–Crippen LogP) is 1.49. The highest BCUT2D eigenvalue weighted by atomic mass is 35.5. The number of nitrogens with two attached hydrogens (primary N) is 2. The summed E-state index contributed by atoms with van der Waals surface area (Å²) in [6, 6.07) is 13.6. The fraction of sp³-hybridized carbons (Fsp3) is 0.278. The molecule has 2 atom stereocenters. The van der Waals surface area contributed by atoms with Crippen LogP contribution in [0.2, 0.25) is 5.02 Å². The van der Waals surface area contributed by atoms with Gasteiger partial charge in [-0.05, 0) is 43.7 Å². The minimum atomic E-state index is -3.72. The van der Waals surface area contributed by atoms with Crippen LogP contribution in [0, 0.1) is 0 Å². The van der Waals surface area contributed by atoms with E-state index >= 15 is 0 Å². The van der Waals surface area contributed by atoms with Gasteiger partial charge in [-0.1, -0.05) is 35.9 Å². The molecule has 6 nitrogen and oxygen atoms in total. The van der Waals surface area contributed by atoms with Crippen LogP contribution in [0.15, 0.2) is 53.4 Å². The first kappa shape index (κ1) is 20.4. The minimum absolute atomic E-state index is 0.0449. The van der Waals surface area contributed by atoms with Crippen LogP contribution in [0.3, 0.4) is 0 Å². The summed E-state index contributed by atoms with van der Waals surface area (Å²) in [5.41, 5.74) is 1.85. The van der Waals surface area contributed by atoms with Crippen molar-refractivity contribution in [3.05, 3.63) is 64.7 Å². The molecule has 0 bridgehead atoms. The van der Waals surface area contributed by atoms with E-state index in [0.717, 1.165) is 11.1 Å². The van der Waals surface area contributed by atoms with Crippen LogP contribution in [0.4, 0.5) is 0 Å². The standard InChI is InChI=1S/C18H22ClN3O3S/c1-12(15-4-3-5-16(19)10-15)21-11-18(23)22-13(2)14-6-8-17(9-7-14)26(20,24)25/h3-10,12-13,21H,11H2,1-2H3,(H,22,23)(H2,20,24,25)/p+1/t12-,13+/m0/s1. The molecule has 140 valence electrons. The van der Waals surface area contributed by atoms with Gasteiger partial charge in [-0.25, -0.2) is 13.6 Å². The summed E-state index contributed by atoms with van der Waals surface area (Å²) in [5.74, 6) is -0.109. The smallest absolute Gasteiger partial charge is 0.275 e. The number of rotatable bonds is 7. The Bertz CT molecular complexity index is 870. The Hall–Kier alpha value is -1.93. The van der Waals surface area contributed by atoms with E-state index in [1.54, 1.807) is 12.1 Å². The second-order valence-corrected chi connectivity index (χ2v) is 8.18. The molecular formula is C18H23ClN3O3S+. The number of benzene rings is 2. The predicted molar refractivity (Wildman–Crippen MR) is 101 cm³/mol. The molecule has 5 N–H and O–H groups in total. The summed E-state index contributed by atoms with van der Waals surface area (Å²) in [4.78, 5) is 12.2. The maximum Gasteiger partial charge on any atom is 0.275 e. The zero-order chi connectivity index (χ0) is 19.3. The first-order valence-corrected chi connectivity index (χ1v) is 10.1. The van der Waals surface area contributed by atoms with Gasteiger partial charge < -0.3 is 10.6 Å². The van der Waals surface area contributed by atoms with Crippen LogP contribution >= 0.6 is 11.6 Å². The molecule has 0 saturated heterocycles. The number of carbonyl (C=O) groups excluding carboxylic acids is 1. The van der Waals surface area contributed by atoms with Gasteiger partial charge >= 0.3 is 0 Å². The molecule has 0 aromatic heterocycles. The lowest BCUT2D eigenvalue weighted by molar-refractivity contribution is -0.682. The van der Waals surface area contributed by atoms with Crippen LogP contribution in [-0.4, -0.2) is 20.9 Å². The molecule has 0 aliphatic heterocycles. The van der Waals surface area contributed by atoms with Gasteiger partial charge in [-0.3, -0.25) is 4.79 Å². The van der Waals surface area contributed by atoms with Crippen molar-refractivity contribution in [2.24, 2.45) is 5.14 Å². The molecule has 0 spiro atoms. The molecule has 0 aliphatic rings. The van der Waals surface area contributed by atoms with E-state index in [0.29, 0.717) is 5.02 Å². The lowest BCUT2D eigenvalue weighted by Gasteiger charge is -2.16. The monoisotopic (exact) mass is 396 g/mol. The quantitative estimate of drug-likeness (QED) is 0.660. The third kappa shape index (κ3) is 5.81. The van der Waals surface area contributed by atoms with Gasteiger partial charge in [0, 0.05) is 10.6 Å². The van der Waals surface area contributed by atoms with E-state index in [-0.39, 0.29) is 29.4 Å². The highest BCUT2D eigenvalue weighted by Crippen LogP contribution is 2.16. The van der Waals surface area contributed by atoms with Crippen molar-refractivity contribution in [3.8, 4) is 0 Å². The lowest BCUT2D eigenvalue weighted by atomic mass is 10.1. The second kappa shape index (κ2) is 8.64. The molecule has 0 heterocycles. The normalized spacial score (nSPS) is 13.8. The van der Waals surface area contributed by atoms with E-state index in [9.17, 15) is 13.2 Å². The van der Waals surface area contributed by atoms with Crippen LogP contribution < -0.4 is 15.8 Å². The van der Waals surface area contributed by atoms with E-state index in [1.165, 1.54) is 12.1 Å². The van der Waals surface area contributed by atoms with E-state index in [1.807, 2.05) is 43.4 Å². The first-order valence-electron chi connectivity index (χ1n) is 8.17. The summed E-state index contributed by atoms with van der Waals surface area (Å²) in [7, 11) is -3.72. The highest BCUT2D eigenvalue weighted by molar-refractivity contribution is 7.89. The Morgan fingerprint density at radius 3 is 2.38 bits per heavy atom. The summed E-state index contributed by atoms with van der Waals surface area (Å²) in [6.45, 7) is 4.12. The molecule has 2 aromatic rings. The maximum atomic E-state index is 12.2. The molecule has 0 radical (unpaired) electrons. The number of quaternary nitrogens is 1. The molecule has 2 aromatic carbocycles. The van der Waals surface area contributed by atoms with Crippen molar-refractivity contribution in [1.82, 2.24) is 5.32 Å². The molecule has 0 saturated carbocycles. The Morgan fingerprint density at radius 2 is 1.81 bits per heavy atom. The summed E-state index contributed by atoms with van der Waals surface area (Å²) < 4.78 is 22.5. The number of hydrogen-bond donors (Lipinski definition) is 3. The van der Waals surface area contributed by atoms with Gasteiger partial charge in [0.15, 0.2) is 6.54 Å². The van der Waals surface area contributed by atoms with Gasteiger partial charge in [-0.15, -0.1) is 0 Å². The van der Waals surface area contributed by atoms with Gasteiger partial charge in [0.1, 0.15) is 6.04 Å². The molecule has 0 unspecified atom stereocenters. The van der Waals surface area contributed by atoms with Crippen LogP contribution in [0.1, 0.15) is 37.1 Å². The topological polar surface area (TPSA) is 106 Å². The van der Waals surface area contributed by atoms with Gasteiger partial charge in [0.25, 0.3) is 5.91 Å². The first-order chi connectivity index (χ1) is 12.2. The van der Waals surface area contributed by atoms with Crippen molar-refractivity contribution in [1.29, 1.82) is 0 Å². The van der Waals surface area contributed by atoms with Crippen LogP contribution in [0.5, 0.6) is 0 Å². The zero-order valence-corrected chi connectivity index (χ0v) is 16.2. The van der Waals surface area contributed by atoms with Crippen molar-refractivity contribution < 1.29 is 18.5 Å². The third-order valence-electron chi connectivity index (χ3n) is 4.12. The van der Waals surface area contributed by atoms with Crippen LogP contribution in [-0.2, 0) is 14.8 Å². The Kier molecular flexibility index (Phi) is 6.77. The molecule has 26 heavy (non-hydrogen) atoms. The maximum absolute atomic E-state index is 12.2. The molecule has 8 heteroatoms. The fourth-order valence-corrected chi connectivity index (χ4v) is 3.25. The molecule has 1 amide bonds. The Labute approximate surface area is 158 Å². The Morgan fingerprint density at radius 1 is 1.15 bits per heavy atom. The van der Waals surface area contributed by atoms with Gasteiger partial charge in [0.05, 0.1) is 10.9 Å². The summed E-state index contributed by atoms with van der Waals surface area (Å²) in [5, 5.41) is 10.6. The second-order valence-electron chi connectivity index (χ2n) is 6.19. The average molecular weight is 397 g/mol. The number of halogens is 1. The van der Waals surface area contributed by atoms with Crippen molar-refractivity contribution >= 4 is 27.5 Å². The largest absolute Gasteiger partial charge is 0.345 e. The molecule has 2 rings (SSSR count). The van der Waals surface area contributed by atoms with Crippen molar-refractivity contribution in [2.45, 2.75) is 30.8 Å². The average Bonchev–Trinajstić information content (AvgIpc) is 2.59. The molecule has 0 aliphatic carbocycles. The van der Waals surface area contributed by atoms with Gasteiger partial charge in [-0.2, -0.15) is 0 Å². The SMILES string of the molecule is C[C@H]([NH2+]CC(=O)N[C@H](C)c1ccc(S(N)(=O)=O)cc1)c1cccc(Cl)c1. The summed E-state index contributed by atoms with van der Waals surface area (Å²) in [6.07, 6.45) is 0. The van der Waals surface area contributed by atoms with E-state index < -0.39 is 10.0 Å². The van der Waals surface area contributed by atoms with Crippen molar-refractivity contribution in [3.63, 3.8) is 0 Å². The number of nitrogens with one attached hydrogen (secondary N) is 1. The summed E-state index contributed by atoms with van der Waals surface area (Å²) >= 11 is 5.99. The van der Waals surface area contributed by atoms with E-state index in [4.69, 9.17) is 16.7 Å².